The molecular formula is C20H25N5. The van der Waals surface area contributed by atoms with Gasteiger partial charge < -0.3 is 0 Å². The van der Waals surface area contributed by atoms with E-state index in [-0.39, 0.29) is 5.41 Å². The van der Waals surface area contributed by atoms with E-state index in [0.717, 1.165) is 43.9 Å². The van der Waals surface area contributed by atoms with Crippen molar-refractivity contribution in [3.8, 4) is 11.8 Å². The Kier molecular flexibility index (Phi) is 5.30. The Bertz CT molecular complexity index is 758. The van der Waals surface area contributed by atoms with Gasteiger partial charge in [-0.3, -0.25) is 4.90 Å². The van der Waals surface area contributed by atoms with Crippen molar-refractivity contribution in [2.45, 2.75) is 39.7 Å². The van der Waals surface area contributed by atoms with E-state index in [4.69, 9.17) is 5.26 Å². The quantitative estimate of drug-likeness (QED) is 0.783. The molecule has 25 heavy (non-hydrogen) atoms. The number of aryl methyl sites for hydroxylation is 1. The minimum absolute atomic E-state index is 0.0769. The highest BCUT2D eigenvalue weighted by Crippen LogP contribution is 2.36. The Morgan fingerprint density at radius 1 is 1.24 bits per heavy atom. The molecule has 1 aliphatic rings. The molecule has 1 aromatic carbocycles. The SMILES string of the molecule is C/C=C/C1(CC#N)CCN(Cc2ccc(-n3ncc(C)n3)cc2)CC1. The number of nitrogens with zero attached hydrogens (tertiary/aromatic N) is 5. The van der Waals surface area contributed by atoms with Crippen LogP contribution in [0.2, 0.25) is 0 Å². The molecule has 0 amide bonds. The van der Waals surface area contributed by atoms with Gasteiger partial charge >= 0.3 is 0 Å². The number of nitriles is 1. The predicted octanol–water partition coefficient (Wildman–Crippen LogP) is 3.65. The lowest BCUT2D eigenvalue weighted by molar-refractivity contribution is 0.136. The molecule has 5 heteroatoms. The number of hydrogen-bond donors (Lipinski definition) is 0. The second kappa shape index (κ2) is 7.62. The Labute approximate surface area is 149 Å². The minimum Gasteiger partial charge on any atom is -0.299 e. The molecule has 2 aromatic rings. The number of allylic oxidation sites excluding steroid dienone is 2. The molecule has 0 spiro atoms. The van der Waals surface area contributed by atoms with Gasteiger partial charge in [0.15, 0.2) is 0 Å². The lowest BCUT2D eigenvalue weighted by Crippen LogP contribution is -2.38. The Hall–Kier alpha value is -2.45. The molecule has 0 N–H and O–H groups in total. The summed E-state index contributed by atoms with van der Waals surface area (Å²) in [7, 11) is 0. The van der Waals surface area contributed by atoms with Crippen LogP contribution in [0.25, 0.3) is 5.69 Å². The van der Waals surface area contributed by atoms with Crippen LogP contribution in [0.3, 0.4) is 0 Å². The topological polar surface area (TPSA) is 57.7 Å². The molecule has 2 heterocycles. The second-order valence-corrected chi connectivity index (χ2v) is 6.92. The summed E-state index contributed by atoms with van der Waals surface area (Å²) in [6.45, 7) is 7.00. The molecule has 0 atom stereocenters. The van der Waals surface area contributed by atoms with Gasteiger partial charge in [0, 0.05) is 18.4 Å². The van der Waals surface area contributed by atoms with Gasteiger partial charge in [0.2, 0.25) is 0 Å². The van der Waals surface area contributed by atoms with Gasteiger partial charge in [-0.2, -0.15) is 20.3 Å². The fraction of sp³-hybridized carbons (Fsp3) is 0.450. The Morgan fingerprint density at radius 3 is 2.52 bits per heavy atom. The third-order valence-corrected chi connectivity index (χ3v) is 4.98. The molecule has 0 aliphatic carbocycles. The minimum atomic E-state index is 0.0769. The maximum Gasteiger partial charge on any atom is 0.0856 e. The highest BCUT2D eigenvalue weighted by Gasteiger charge is 2.31. The summed E-state index contributed by atoms with van der Waals surface area (Å²) in [5.74, 6) is 0. The second-order valence-electron chi connectivity index (χ2n) is 6.92. The van der Waals surface area contributed by atoms with Gasteiger partial charge in [0.25, 0.3) is 0 Å². The first kappa shape index (κ1) is 17.4. The summed E-state index contributed by atoms with van der Waals surface area (Å²) in [6.07, 6.45) is 8.83. The number of hydrogen-bond acceptors (Lipinski definition) is 4. The number of piperidine rings is 1. The van der Waals surface area contributed by atoms with Crippen molar-refractivity contribution in [3.05, 3.63) is 53.9 Å². The molecule has 1 saturated heterocycles. The lowest BCUT2D eigenvalue weighted by atomic mass is 9.76. The molecule has 0 bridgehead atoms. The molecule has 0 unspecified atom stereocenters. The standard InChI is InChI=1S/C20H25N5/c1-3-8-20(9-12-21)10-13-24(14-11-20)16-18-4-6-19(7-5-18)25-22-15-17(2)23-25/h3-8,15H,9-11,13-14,16H2,1-2H3/b8-3+. The first-order valence-corrected chi connectivity index (χ1v) is 8.85. The predicted molar refractivity (Wildman–Crippen MR) is 98.1 cm³/mol. The molecule has 1 aromatic heterocycles. The van der Waals surface area contributed by atoms with Gasteiger partial charge in [-0.1, -0.05) is 24.3 Å². The average Bonchev–Trinajstić information content (AvgIpc) is 3.05. The van der Waals surface area contributed by atoms with E-state index < -0.39 is 0 Å². The summed E-state index contributed by atoms with van der Waals surface area (Å²) in [5.41, 5.74) is 3.27. The zero-order valence-corrected chi connectivity index (χ0v) is 15.0. The first-order valence-electron chi connectivity index (χ1n) is 8.85. The van der Waals surface area contributed by atoms with Gasteiger partial charge in [0.1, 0.15) is 0 Å². The van der Waals surface area contributed by atoms with Crippen LogP contribution in [0.1, 0.15) is 37.4 Å². The van der Waals surface area contributed by atoms with Crippen LogP contribution in [-0.2, 0) is 6.54 Å². The van der Waals surface area contributed by atoms with Crippen LogP contribution in [0.4, 0.5) is 0 Å². The molecule has 0 radical (unpaired) electrons. The van der Waals surface area contributed by atoms with Crippen molar-refractivity contribution in [2.24, 2.45) is 5.41 Å². The molecule has 3 rings (SSSR count). The molecule has 5 nitrogen and oxygen atoms in total. The Balaban J connectivity index is 1.60. The zero-order valence-electron chi connectivity index (χ0n) is 15.0. The third-order valence-electron chi connectivity index (χ3n) is 4.98. The molecule has 1 fully saturated rings. The van der Waals surface area contributed by atoms with Crippen molar-refractivity contribution < 1.29 is 0 Å². The monoisotopic (exact) mass is 335 g/mol. The van der Waals surface area contributed by atoms with E-state index in [2.05, 4.69) is 57.6 Å². The fourth-order valence-electron chi connectivity index (χ4n) is 3.53. The number of benzene rings is 1. The van der Waals surface area contributed by atoms with Crippen LogP contribution in [0.5, 0.6) is 0 Å². The third kappa shape index (κ3) is 4.15. The van der Waals surface area contributed by atoms with Crippen molar-refractivity contribution in [1.82, 2.24) is 19.9 Å². The first-order chi connectivity index (χ1) is 12.1. The van der Waals surface area contributed by atoms with Gasteiger partial charge in [-0.05, 0) is 57.5 Å². The molecule has 0 saturated carbocycles. The fourth-order valence-corrected chi connectivity index (χ4v) is 3.53. The number of aromatic nitrogens is 3. The largest absolute Gasteiger partial charge is 0.299 e. The highest BCUT2D eigenvalue weighted by molar-refractivity contribution is 5.32. The average molecular weight is 335 g/mol. The van der Waals surface area contributed by atoms with Crippen LogP contribution in [0, 0.1) is 23.7 Å². The van der Waals surface area contributed by atoms with Crippen LogP contribution >= 0.6 is 0 Å². The number of likely N-dealkylation sites (tertiary alicyclic amines) is 1. The van der Waals surface area contributed by atoms with Crippen molar-refractivity contribution in [3.63, 3.8) is 0 Å². The smallest absolute Gasteiger partial charge is 0.0856 e. The molecular weight excluding hydrogens is 310 g/mol. The van der Waals surface area contributed by atoms with Crippen LogP contribution in [0.15, 0.2) is 42.6 Å². The summed E-state index contributed by atoms with van der Waals surface area (Å²) < 4.78 is 0. The summed E-state index contributed by atoms with van der Waals surface area (Å²) in [5, 5.41) is 17.7. The summed E-state index contributed by atoms with van der Waals surface area (Å²) in [4.78, 5) is 4.14. The van der Waals surface area contributed by atoms with Crippen LogP contribution in [-0.4, -0.2) is 33.0 Å². The van der Waals surface area contributed by atoms with E-state index in [9.17, 15) is 0 Å². The van der Waals surface area contributed by atoms with Crippen molar-refractivity contribution in [2.75, 3.05) is 13.1 Å². The van der Waals surface area contributed by atoms with Gasteiger partial charge in [-0.25, -0.2) is 0 Å². The summed E-state index contributed by atoms with van der Waals surface area (Å²) in [6, 6.07) is 10.8. The van der Waals surface area contributed by atoms with E-state index >= 15 is 0 Å². The maximum atomic E-state index is 9.12. The molecule has 1 aliphatic heterocycles. The van der Waals surface area contributed by atoms with Crippen LogP contribution < -0.4 is 0 Å². The Morgan fingerprint density at radius 2 is 1.96 bits per heavy atom. The van der Waals surface area contributed by atoms with E-state index in [1.165, 1.54) is 5.56 Å². The van der Waals surface area contributed by atoms with Gasteiger partial charge in [0.05, 0.1) is 23.6 Å². The number of rotatable bonds is 5. The molecule has 130 valence electrons. The van der Waals surface area contributed by atoms with E-state index in [0.29, 0.717) is 6.42 Å². The normalized spacial score (nSPS) is 17.6. The van der Waals surface area contributed by atoms with Gasteiger partial charge in [-0.15, -0.1) is 0 Å². The van der Waals surface area contributed by atoms with Crippen molar-refractivity contribution in [1.29, 1.82) is 5.26 Å². The highest BCUT2D eigenvalue weighted by atomic mass is 15.5. The van der Waals surface area contributed by atoms with E-state index in [1.54, 1.807) is 11.0 Å². The maximum absolute atomic E-state index is 9.12. The summed E-state index contributed by atoms with van der Waals surface area (Å²) >= 11 is 0. The van der Waals surface area contributed by atoms with E-state index in [1.807, 2.05) is 13.8 Å². The zero-order chi connectivity index (χ0) is 17.7. The van der Waals surface area contributed by atoms with Crippen molar-refractivity contribution >= 4 is 0 Å². The lowest BCUT2D eigenvalue weighted by Gasteiger charge is -2.38.